The van der Waals surface area contributed by atoms with Gasteiger partial charge in [0.2, 0.25) is 0 Å². The van der Waals surface area contributed by atoms with Crippen LogP contribution in [-0.4, -0.2) is 10.2 Å². The molecule has 2 rings (SSSR count). The Bertz CT molecular complexity index is 417. The topological polar surface area (TPSA) is 69.2 Å². The van der Waals surface area contributed by atoms with Gasteiger partial charge in [-0.2, -0.15) is 11.8 Å². The van der Waals surface area contributed by atoms with Gasteiger partial charge in [-0.3, -0.25) is 10.1 Å². The fraction of sp³-hybridized carbons (Fsp3) is 0.500. The molecule has 17 heavy (non-hydrogen) atoms. The Kier molecular flexibility index (Phi) is 3.89. The van der Waals surface area contributed by atoms with E-state index < -0.39 is 4.92 Å². The van der Waals surface area contributed by atoms with Crippen LogP contribution in [0, 0.1) is 10.1 Å². The Morgan fingerprint density at radius 3 is 2.71 bits per heavy atom. The molecule has 1 aromatic rings. The van der Waals surface area contributed by atoms with E-state index >= 15 is 0 Å². The normalized spacial score (nSPS) is 16.2. The molecular weight excluding hydrogens is 236 g/mol. The summed E-state index contributed by atoms with van der Waals surface area (Å²) >= 11 is 1.93. The lowest BCUT2D eigenvalue weighted by atomic mass is 10.2. The third-order valence-corrected chi connectivity index (χ3v) is 4.52. The third-order valence-electron chi connectivity index (χ3n) is 3.08. The van der Waals surface area contributed by atoms with Gasteiger partial charge in [0.05, 0.1) is 4.92 Å². The van der Waals surface area contributed by atoms with Crippen molar-refractivity contribution in [3.05, 3.63) is 33.9 Å². The summed E-state index contributed by atoms with van der Waals surface area (Å²) in [5.74, 6) is 0.896. The summed E-state index contributed by atoms with van der Waals surface area (Å²) in [4.78, 5) is 10.2. The number of rotatable bonds is 4. The van der Waals surface area contributed by atoms with Crippen LogP contribution in [0.4, 0.5) is 11.4 Å². The fourth-order valence-electron chi connectivity index (χ4n) is 2.13. The maximum atomic E-state index is 10.6. The van der Waals surface area contributed by atoms with Crippen LogP contribution in [0.1, 0.15) is 31.2 Å². The molecule has 1 aliphatic carbocycles. The molecule has 0 atom stereocenters. The molecule has 0 saturated heterocycles. The van der Waals surface area contributed by atoms with Crippen LogP contribution in [0.2, 0.25) is 0 Å². The molecule has 1 saturated carbocycles. The second-order valence-electron chi connectivity index (χ2n) is 4.37. The lowest BCUT2D eigenvalue weighted by Gasteiger charge is -2.08. The molecule has 4 nitrogen and oxygen atoms in total. The number of benzene rings is 1. The molecule has 0 aliphatic heterocycles. The molecule has 0 spiro atoms. The number of nitrogens with zero attached hydrogens (tertiary/aromatic N) is 1. The van der Waals surface area contributed by atoms with E-state index in [1.54, 1.807) is 12.1 Å². The molecule has 1 fully saturated rings. The lowest BCUT2D eigenvalue weighted by molar-refractivity contribution is -0.383. The second-order valence-corrected chi connectivity index (χ2v) is 5.66. The maximum Gasteiger partial charge on any atom is 0.292 e. The number of nitro benzene ring substituents is 1. The summed E-state index contributed by atoms with van der Waals surface area (Å²) in [7, 11) is 0. The Morgan fingerprint density at radius 1 is 1.41 bits per heavy atom. The number of thioether (sulfide) groups is 1. The zero-order chi connectivity index (χ0) is 12.3. The van der Waals surface area contributed by atoms with Gasteiger partial charge in [-0.15, -0.1) is 0 Å². The van der Waals surface area contributed by atoms with Crippen molar-refractivity contribution >= 4 is 23.1 Å². The molecule has 1 aliphatic rings. The summed E-state index contributed by atoms with van der Waals surface area (Å²) in [5.41, 5.74) is 6.99. The smallest absolute Gasteiger partial charge is 0.292 e. The zero-order valence-corrected chi connectivity index (χ0v) is 10.4. The van der Waals surface area contributed by atoms with E-state index in [0.29, 0.717) is 0 Å². The van der Waals surface area contributed by atoms with Gasteiger partial charge in [-0.25, -0.2) is 0 Å². The Labute approximate surface area is 105 Å². The summed E-state index contributed by atoms with van der Waals surface area (Å²) in [5, 5.41) is 11.4. The first kappa shape index (κ1) is 12.2. The first-order valence-corrected chi connectivity index (χ1v) is 6.86. The van der Waals surface area contributed by atoms with Gasteiger partial charge in [0.1, 0.15) is 5.69 Å². The van der Waals surface area contributed by atoms with Crippen molar-refractivity contribution in [3.63, 3.8) is 0 Å². The number of anilines is 1. The molecule has 1 aromatic carbocycles. The van der Waals surface area contributed by atoms with Gasteiger partial charge in [0, 0.05) is 17.1 Å². The minimum absolute atomic E-state index is 0.000355. The number of hydrogen-bond acceptors (Lipinski definition) is 4. The van der Waals surface area contributed by atoms with Crippen molar-refractivity contribution in [1.82, 2.24) is 0 Å². The monoisotopic (exact) mass is 252 g/mol. The Balaban J connectivity index is 1.97. The quantitative estimate of drug-likeness (QED) is 0.507. The molecular formula is C12H16N2O2S. The first-order chi connectivity index (χ1) is 8.16. The zero-order valence-electron chi connectivity index (χ0n) is 9.59. The predicted octanol–water partition coefficient (Wildman–Crippen LogP) is 3.35. The lowest BCUT2D eigenvalue weighted by Crippen LogP contribution is -1.98. The van der Waals surface area contributed by atoms with E-state index in [9.17, 15) is 10.1 Å². The van der Waals surface area contributed by atoms with Crippen LogP contribution in [-0.2, 0) is 5.75 Å². The van der Waals surface area contributed by atoms with Gasteiger partial charge in [-0.05, 0) is 24.5 Å². The summed E-state index contributed by atoms with van der Waals surface area (Å²) < 4.78 is 0. The number of nitrogen functional groups attached to an aromatic ring is 1. The number of nitrogens with two attached hydrogens (primary N) is 1. The van der Waals surface area contributed by atoms with E-state index in [2.05, 4.69) is 0 Å². The summed E-state index contributed by atoms with van der Waals surface area (Å²) in [6.45, 7) is 0. The average Bonchev–Trinajstić information content (AvgIpc) is 2.78. The van der Waals surface area contributed by atoms with Crippen molar-refractivity contribution in [2.75, 3.05) is 5.73 Å². The molecule has 0 aromatic heterocycles. The van der Waals surface area contributed by atoms with Gasteiger partial charge in [-0.1, -0.05) is 18.9 Å². The molecule has 0 unspecified atom stereocenters. The van der Waals surface area contributed by atoms with Gasteiger partial charge >= 0.3 is 0 Å². The van der Waals surface area contributed by atoms with E-state index in [0.717, 1.165) is 16.6 Å². The molecule has 0 amide bonds. The van der Waals surface area contributed by atoms with E-state index in [1.807, 2.05) is 11.8 Å². The van der Waals surface area contributed by atoms with Gasteiger partial charge in [0.25, 0.3) is 5.69 Å². The van der Waals surface area contributed by atoms with Crippen molar-refractivity contribution in [2.45, 2.75) is 36.7 Å². The minimum atomic E-state index is -0.441. The Hall–Kier alpha value is -1.23. The van der Waals surface area contributed by atoms with E-state index in [4.69, 9.17) is 5.73 Å². The standard InChI is InChI=1S/C12H16N2O2S/c13-11-7-9(5-6-12(11)14(15)16)8-17-10-3-1-2-4-10/h5-7,10H,1-4,8,13H2. The third kappa shape index (κ3) is 3.12. The SMILES string of the molecule is Nc1cc(CSC2CCCC2)ccc1[N+](=O)[O-]. The van der Waals surface area contributed by atoms with Crippen LogP contribution in [0.5, 0.6) is 0 Å². The molecule has 0 bridgehead atoms. The van der Waals surface area contributed by atoms with Gasteiger partial charge < -0.3 is 5.73 Å². The van der Waals surface area contributed by atoms with Crippen LogP contribution in [0.25, 0.3) is 0 Å². The van der Waals surface area contributed by atoms with E-state index in [1.165, 1.54) is 31.7 Å². The van der Waals surface area contributed by atoms with Crippen LogP contribution in [0.3, 0.4) is 0 Å². The van der Waals surface area contributed by atoms with Gasteiger partial charge in [0.15, 0.2) is 0 Å². The van der Waals surface area contributed by atoms with Crippen molar-refractivity contribution in [3.8, 4) is 0 Å². The van der Waals surface area contributed by atoms with Crippen molar-refractivity contribution in [2.24, 2.45) is 0 Å². The average molecular weight is 252 g/mol. The molecule has 0 radical (unpaired) electrons. The largest absolute Gasteiger partial charge is 0.393 e. The highest BCUT2D eigenvalue weighted by molar-refractivity contribution is 7.99. The van der Waals surface area contributed by atoms with Crippen LogP contribution in [0.15, 0.2) is 18.2 Å². The molecule has 0 heterocycles. The number of hydrogen-bond donors (Lipinski definition) is 1. The number of nitro groups is 1. The second kappa shape index (κ2) is 5.40. The maximum absolute atomic E-state index is 10.6. The highest BCUT2D eigenvalue weighted by Crippen LogP contribution is 2.32. The predicted molar refractivity (Wildman–Crippen MR) is 71.1 cm³/mol. The highest BCUT2D eigenvalue weighted by Gasteiger charge is 2.16. The highest BCUT2D eigenvalue weighted by atomic mass is 32.2. The molecule has 2 N–H and O–H groups in total. The summed E-state index contributed by atoms with van der Waals surface area (Å²) in [6, 6.07) is 5.02. The minimum Gasteiger partial charge on any atom is -0.393 e. The van der Waals surface area contributed by atoms with Crippen LogP contribution >= 0.6 is 11.8 Å². The van der Waals surface area contributed by atoms with Crippen molar-refractivity contribution < 1.29 is 4.92 Å². The fourth-order valence-corrected chi connectivity index (χ4v) is 3.40. The summed E-state index contributed by atoms with van der Waals surface area (Å²) in [6.07, 6.45) is 5.26. The Morgan fingerprint density at radius 2 is 2.12 bits per heavy atom. The van der Waals surface area contributed by atoms with Crippen molar-refractivity contribution in [1.29, 1.82) is 0 Å². The molecule has 5 heteroatoms. The van der Waals surface area contributed by atoms with E-state index in [-0.39, 0.29) is 11.4 Å². The van der Waals surface area contributed by atoms with Crippen LogP contribution < -0.4 is 5.73 Å². The first-order valence-electron chi connectivity index (χ1n) is 5.81. The molecule has 92 valence electrons.